The molecule has 1 aliphatic heterocycles. The van der Waals surface area contributed by atoms with Gasteiger partial charge in [-0.3, -0.25) is 4.79 Å². The Morgan fingerprint density at radius 2 is 1.91 bits per heavy atom. The van der Waals surface area contributed by atoms with E-state index in [2.05, 4.69) is 46.3 Å². The summed E-state index contributed by atoms with van der Waals surface area (Å²) >= 11 is 5.33. The molecule has 0 spiro atoms. The number of esters is 1. The highest BCUT2D eigenvalue weighted by Crippen LogP contribution is 2.41. The zero-order valence-electron chi connectivity index (χ0n) is 12.6. The Morgan fingerprint density at radius 1 is 1.23 bits per heavy atom. The van der Waals surface area contributed by atoms with Crippen molar-refractivity contribution < 1.29 is 9.53 Å². The van der Waals surface area contributed by atoms with Crippen LogP contribution in [-0.4, -0.2) is 12.6 Å². The number of carbonyl (C=O) groups excluding carboxylic acids is 1. The van der Waals surface area contributed by atoms with Gasteiger partial charge in [0.2, 0.25) is 0 Å². The summed E-state index contributed by atoms with van der Waals surface area (Å²) in [4.78, 5) is 14.5. The van der Waals surface area contributed by atoms with Gasteiger partial charge < -0.3 is 4.74 Å². The first kappa shape index (κ1) is 15.6. The molecule has 2 aromatic rings. The molecule has 0 N–H and O–H groups in total. The normalized spacial score (nSPS) is 14.0. The second-order valence-corrected chi connectivity index (χ2v) is 7.37. The second-order valence-electron chi connectivity index (χ2n) is 5.37. The topological polar surface area (TPSA) is 26.3 Å². The molecule has 0 radical (unpaired) electrons. The number of hydrogen-bond acceptors (Lipinski definition) is 3. The molecule has 1 aliphatic rings. The Balaban J connectivity index is 1.89. The van der Waals surface area contributed by atoms with E-state index in [4.69, 9.17) is 4.74 Å². The van der Waals surface area contributed by atoms with E-state index in [0.717, 1.165) is 16.5 Å². The maximum Gasteiger partial charge on any atom is 0.313 e. The Labute approximate surface area is 143 Å². The van der Waals surface area contributed by atoms with Crippen molar-refractivity contribution in [3.8, 4) is 0 Å². The van der Waals surface area contributed by atoms with Crippen molar-refractivity contribution in [2.75, 3.05) is 6.61 Å². The first-order valence-corrected chi connectivity index (χ1v) is 8.95. The third-order valence-corrected chi connectivity index (χ3v) is 5.58. The van der Waals surface area contributed by atoms with Gasteiger partial charge >= 0.3 is 5.97 Å². The molecular formula is C18H17BrO2S. The average Bonchev–Trinajstić information content (AvgIpc) is 2.52. The largest absolute Gasteiger partial charge is 0.466 e. The summed E-state index contributed by atoms with van der Waals surface area (Å²) in [7, 11) is 0. The Kier molecular flexibility index (Phi) is 4.59. The predicted molar refractivity (Wildman–Crippen MR) is 92.6 cm³/mol. The van der Waals surface area contributed by atoms with Crippen LogP contribution < -0.4 is 0 Å². The molecule has 0 aromatic heterocycles. The first-order chi connectivity index (χ1) is 10.6. The highest BCUT2D eigenvalue weighted by Gasteiger charge is 2.21. The number of halogens is 1. The maximum absolute atomic E-state index is 11.9. The highest BCUT2D eigenvalue weighted by molar-refractivity contribution is 9.10. The molecule has 4 heteroatoms. The van der Waals surface area contributed by atoms with Crippen LogP contribution in [0.4, 0.5) is 0 Å². The molecular weight excluding hydrogens is 360 g/mol. The van der Waals surface area contributed by atoms with Crippen LogP contribution in [0.1, 0.15) is 36.5 Å². The van der Waals surface area contributed by atoms with Gasteiger partial charge in [0.1, 0.15) is 0 Å². The predicted octanol–water partition coefficient (Wildman–Crippen LogP) is 5.17. The van der Waals surface area contributed by atoms with Crippen molar-refractivity contribution in [1.29, 1.82) is 0 Å². The SMILES string of the molecule is CCOC(=O)C(C)c1ccc2c(c1)Cc1cc(Br)ccc1S2. The van der Waals surface area contributed by atoms with E-state index in [1.54, 1.807) is 11.8 Å². The molecule has 3 rings (SSSR count). The van der Waals surface area contributed by atoms with E-state index in [9.17, 15) is 4.79 Å². The van der Waals surface area contributed by atoms with Gasteiger partial charge in [-0.2, -0.15) is 0 Å². The number of rotatable bonds is 3. The number of carbonyl (C=O) groups is 1. The summed E-state index contributed by atoms with van der Waals surface area (Å²) in [6.07, 6.45) is 0.903. The maximum atomic E-state index is 11.9. The minimum absolute atomic E-state index is 0.158. The van der Waals surface area contributed by atoms with Gasteiger partial charge in [-0.25, -0.2) is 0 Å². The monoisotopic (exact) mass is 376 g/mol. The molecule has 0 saturated heterocycles. The molecule has 1 atom stereocenters. The van der Waals surface area contributed by atoms with Crippen molar-refractivity contribution in [3.63, 3.8) is 0 Å². The fourth-order valence-corrected chi connectivity index (χ4v) is 4.06. The van der Waals surface area contributed by atoms with Crippen molar-refractivity contribution >= 4 is 33.7 Å². The minimum atomic E-state index is -0.223. The van der Waals surface area contributed by atoms with E-state index in [0.29, 0.717) is 6.61 Å². The second kappa shape index (κ2) is 6.47. The average molecular weight is 377 g/mol. The third-order valence-electron chi connectivity index (χ3n) is 3.85. The lowest BCUT2D eigenvalue weighted by Crippen LogP contribution is -2.13. The fourth-order valence-electron chi connectivity index (χ4n) is 2.62. The Morgan fingerprint density at radius 3 is 2.64 bits per heavy atom. The lowest BCUT2D eigenvalue weighted by atomic mass is 9.96. The minimum Gasteiger partial charge on any atom is -0.466 e. The molecule has 22 heavy (non-hydrogen) atoms. The van der Waals surface area contributed by atoms with Gasteiger partial charge in [0.05, 0.1) is 12.5 Å². The number of ether oxygens (including phenoxy) is 1. The van der Waals surface area contributed by atoms with Crippen molar-refractivity contribution in [2.45, 2.75) is 36.0 Å². The Bertz CT molecular complexity index is 727. The van der Waals surface area contributed by atoms with Crippen LogP contribution in [-0.2, 0) is 16.0 Å². The van der Waals surface area contributed by atoms with Crippen molar-refractivity contribution in [2.24, 2.45) is 0 Å². The summed E-state index contributed by atoms with van der Waals surface area (Å²) < 4.78 is 6.23. The van der Waals surface area contributed by atoms with Crippen LogP contribution in [0.25, 0.3) is 0 Å². The molecule has 1 unspecified atom stereocenters. The summed E-state index contributed by atoms with van der Waals surface area (Å²) in [5.74, 6) is -0.381. The van der Waals surface area contributed by atoms with Gasteiger partial charge in [-0.1, -0.05) is 39.8 Å². The summed E-state index contributed by atoms with van der Waals surface area (Å²) in [5, 5.41) is 0. The first-order valence-electron chi connectivity index (χ1n) is 7.34. The van der Waals surface area contributed by atoms with Crippen LogP contribution in [0.3, 0.4) is 0 Å². The molecule has 0 amide bonds. The molecule has 2 nitrogen and oxygen atoms in total. The molecule has 114 valence electrons. The van der Waals surface area contributed by atoms with Crippen LogP contribution in [0.2, 0.25) is 0 Å². The molecule has 0 bridgehead atoms. The van der Waals surface area contributed by atoms with Gasteiger partial charge in [0, 0.05) is 14.3 Å². The number of hydrogen-bond donors (Lipinski definition) is 0. The molecule has 1 heterocycles. The van der Waals surface area contributed by atoms with E-state index >= 15 is 0 Å². The smallest absolute Gasteiger partial charge is 0.313 e. The summed E-state index contributed by atoms with van der Waals surface area (Å²) in [6, 6.07) is 12.7. The number of fused-ring (bicyclic) bond motifs is 2. The lowest BCUT2D eigenvalue weighted by Gasteiger charge is -2.21. The number of benzene rings is 2. The standard InChI is InChI=1S/C18H17BrO2S/c1-3-21-18(20)11(2)12-4-6-16-13(8-12)9-14-10-15(19)5-7-17(14)22-16/h4-8,10-11H,3,9H2,1-2H3. The molecule has 0 fully saturated rings. The zero-order chi connectivity index (χ0) is 15.7. The zero-order valence-corrected chi connectivity index (χ0v) is 15.0. The highest BCUT2D eigenvalue weighted by atomic mass is 79.9. The molecule has 2 aromatic carbocycles. The van der Waals surface area contributed by atoms with E-state index < -0.39 is 0 Å². The van der Waals surface area contributed by atoms with Gasteiger partial charge in [0.15, 0.2) is 0 Å². The molecule has 0 aliphatic carbocycles. The van der Waals surface area contributed by atoms with E-state index in [1.165, 1.54) is 20.9 Å². The van der Waals surface area contributed by atoms with Gasteiger partial charge in [-0.05, 0) is 61.2 Å². The molecule has 0 saturated carbocycles. The summed E-state index contributed by atoms with van der Waals surface area (Å²) in [6.45, 7) is 4.16. The lowest BCUT2D eigenvalue weighted by molar-refractivity contribution is -0.144. The van der Waals surface area contributed by atoms with Crippen LogP contribution in [0.5, 0.6) is 0 Å². The van der Waals surface area contributed by atoms with E-state index in [1.807, 2.05) is 19.9 Å². The van der Waals surface area contributed by atoms with Gasteiger partial charge in [0.25, 0.3) is 0 Å². The van der Waals surface area contributed by atoms with E-state index in [-0.39, 0.29) is 11.9 Å². The van der Waals surface area contributed by atoms with Crippen LogP contribution >= 0.6 is 27.7 Å². The van der Waals surface area contributed by atoms with Crippen molar-refractivity contribution in [1.82, 2.24) is 0 Å². The summed E-state index contributed by atoms with van der Waals surface area (Å²) in [5.41, 5.74) is 3.63. The van der Waals surface area contributed by atoms with Crippen LogP contribution in [0, 0.1) is 0 Å². The fraction of sp³-hybridized carbons (Fsp3) is 0.278. The quantitative estimate of drug-likeness (QED) is 0.589. The van der Waals surface area contributed by atoms with Gasteiger partial charge in [-0.15, -0.1) is 0 Å². The van der Waals surface area contributed by atoms with Crippen molar-refractivity contribution in [3.05, 3.63) is 57.6 Å². The third kappa shape index (κ3) is 3.08. The van der Waals surface area contributed by atoms with Crippen LogP contribution in [0.15, 0.2) is 50.7 Å². The Hall–Kier alpha value is -1.26.